The van der Waals surface area contributed by atoms with Crippen LogP contribution in [0.1, 0.15) is 43.7 Å². The van der Waals surface area contributed by atoms with Gasteiger partial charge in [0.15, 0.2) is 0 Å². The van der Waals surface area contributed by atoms with E-state index < -0.39 is 0 Å². The van der Waals surface area contributed by atoms with Gasteiger partial charge in [-0.25, -0.2) is 10.2 Å². The molecular formula is C20H27BrN4O. The molecule has 6 heteroatoms. The zero-order chi connectivity index (χ0) is 18.4. The molecule has 1 aromatic rings. The second-order valence-electron chi connectivity index (χ2n) is 7.43. The van der Waals surface area contributed by atoms with Crippen LogP contribution in [0.2, 0.25) is 0 Å². The molecule has 1 aliphatic carbocycles. The fourth-order valence-corrected chi connectivity index (χ4v) is 5.30. The molecule has 2 atom stereocenters. The minimum absolute atomic E-state index is 0.0148. The van der Waals surface area contributed by atoms with E-state index in [1.165, 1.54) is 21.2 Å². The third kappa shape index (κ3) is 2.74. The number of benzene rings is 1. The summed E-state index contributed by atoms with van der Waals surface area (Å²) in [6.07, 6.45) is 4.64. The number of nitrogens with zero attached hydrogens (tertiary/aromatic N) is 3. The van der Waals surface area contributed by atoms with Crippen LogP contribution in [0.3, 0.4) is 0 Å². The number of hydrogen-bond donors (Lipinski definition) is 1. The fourth-order valence-electron chi connectivity index (χ4n) is 4.73. The minimum atomic E-state index is -0.0148. The molecule has 2 heterocycles. The second kappa shape index (κ2) is 6.89. The van der Waals surface area contributed by atoms with Gasteiger partial charge in [0, 0.05) is 42.6 Å². The van der Waals surface area contributed by atoms with E-state index in [0.717, 1.165) is 44.7 Å². The molecule has 4 rings (SSSR count). The first-order valence-corrected chi connectivity index (χ1v) is 10.4. The van der Waals surface area contributed by atoms with Crippen LogP contribution < -0.4 is 10.4 Å². The third-order valence-corrected chi connectivity index (χ3v) is 6.75. The predicted molar refractivity (Wildman–Crippen MR) is 109 cm³/mol. The van der Waals surface area contributed by atoms with Crippen molar-refractivity contribution in [3.63, 3.8) is 0 Å². The Morgan fingerprint density at radius 1 is 1.35 bits per heavy atom. The van der Waals surface area contributed by atoms with E-state index in [2.05, 4.69) is 56.5 Å². The average Bonchev–Trinajstić information content (AvgIpc) is 2.97. The zero-order valence-electron chi connectivity index (χ0n) is 15.8. The Bertz CT molecular complexity index is 758. The van der Waals surface area contributed by atoms with Crippen molar-refractivity contribution in [1.82, 2.24) is 15.2 Å². The molecule has 0 bridgehead atoms. The Morgan fingerprint density at radius 3 is 2.85 bits per heavy atom. The summed E-state index contributed by atoms with van der Waals surface area (Å²) in [4.78, 5) is 16.9. The van der Waals surface area contributed by atoms with Gasteiger partial charge >= 0.3 is 6.03 Å². The standard InChI is InChI=1S/C20H27BrN4O/c1-4-24(5-2)20(26)22-25-12-13-11-17-14(7-6-10-23(17)3)19-15(21)8-9-16(25)18(13)19/h7-9,13,17H,4-6,10-12H2,1-3H3,(H,22,26)/t13?,17-/m1/s1. The van der Waals surface area contributed by atoms with Crippen LogP contribution in [-0.2, 0) is 0 Å². The summed E-state index contributed by atoms with van der Waals surface area (Å²) in [6, 6.07) is 4.73. The summed E-state index contributed by atoms with van der Waals surface area (Å²) in [5.74, 6) is 0.456. The first-order valence-electron chi connectivity index (χ1n) is 9.61. The van der Waals surface area contributed by atoms with Crippen LogP contribution in [0, 0.1) is 0 Å². The van der Waals surface area contributed by atoms with Crippen LogP contribution >= 0.6 is 15.9 Å². The molecule has 1 unspecified atom stereocenters. The summed E-state index contributed by atoms with van der Waals surface area (Å²) >= 11 is 3.80. The maximum atomic E-state index is 12.6. The van der Waals surface area contributed by atoms with Gasteiger partial charge in [-0.1, -0.05) is 22.0 Å². The van der Waals surface area contributed by atoms with E-state index in [4.69, 9.17) is 0 Å². The SMILES string of the molecule is CCN(CC)C(=O)NN1CC2C[C@@H]3C(=CCCN3C)c3c(Br)ccc1c32. The molecule has 5 nitrogen and oxygen atoms in total. The lowest BCUT2D eigenvalue weighted by Crippen LogP contribution is -2.49. The van der Waals surface area contributed by atoms with E-state index in [1.807, 2.05) is 18.7 Å². The number of fused-ring (bicyclic) bond motifs is 2. The van der Waals surface area contributed by atoms with Crippen molar-refractivity contribution in [3.8, 4) is 0 Å². The second-order valence-corrected chi connectivity index (χ2v) is 8.29. The maximum Gasteiger partial charge on any atom is 0.336 e. The number of halogens is 1. The number of hydrazine groups is 1. The van der Waals surface area contributed by atoms with E-state index in [9.17, 15) is 4.79 Å². The highest BCUT2D eigenvalue weighted by Crippen LogP contribution is 2.51. The van der Waals surface area contributed by atoms with Crippen LogP contribution in [0.5, 0.6) is 0 Å². The lowest BCUT2D eigenvalue weighted by Gasteiger charge is -2.40. The quantitative estimate of drug-likeness (QED) is 0.810. The van der Waals surface area contributed by atoms with E-state index in [0.29, 0.717) is 12.0 Å². The maximum absolute atomic E-state index is 12.6. The summed E-state index contributed by atoms with van der Waals surface area (Å²) in [7, 11) is 2.23. The highest BCUT2D eigenvalue weighted by Gasteiger charge is 2.42. The lowest BCUT2D eigenvalue weighted by atomic mass is 9.76. The van der Waals surface area contributed by atoms with E-state index in [-0.39, 0.29) is 6.03 Å². The number of urea groups is 1. The molecule has 2 amide bonds. The molecular weight excluding hydrogens is 392 g/mol. The first kappa shape index (κ1) is 17.9. The molecule has 2 aliphatic heterocycles. The smallest absolute Gasteiger partial charge is 0.324 e. The fraction of sp³-hybridized carbons (Fsp3) is 0.550. The number of amides is 2. The van der Waals surface area contributed by atoms with Crippen molar-refractivity contribution in [2.75, 3.05) is 38.2 Å². The monoisotopic (exact) mass is 418 g/mol. The van der Waals surface area contributed by atoms with Gasteiger partial charge in [0.2, 0.25) is 0 Å². The number of carbonyl (C=O) groups is 1. The molecule has 0 saturated heterocycles. The molecule has 3 aliphatic rings. The van der Waals surface area contributed by atoms with Crippen molar-refractivity contribution >= 4 is 33.2 Å². The Kier molecular flexibility index (Phi) is 4.73. The van der Waals surface area contributed by atoms with Crippen molar-refractivity contribution in [2.45, 2.75) is 38.6 Å². The molecule has 140 valence electrons. The predicted octanol–water partition coefficient (Wildman–Crippen LogP) is 3.81. The Labute approximate surface area is 164 Å². The molecule has 1 N–H and O–H groups in total. The molecule has 0 aromatic heterocycles. The van der Waals surface area contributed by atoms with Gasteiger partial charge < -0.3 is 4.90 Å². The van der Waals surface area contributed by atoms with Crippen LogP contribution in [-0.4, -0.2) is 55.1 Å². The molecule has 26 heavy (non-hydrogen) atoms. The molecule has 1 aromatic carbocycles. The minimum Gasteiger partial charge on any atom is -0.324 e. The van der Waals surface area contributed by atoms with Gasteiger partial charge in [0.25, 0.3) is 0 Å². The topological polar surface area (TPSA) is 38.8 Å². The van der Waals surface area contributed by atoms with Gasteiger partial charge in [0.1, 0.15) is 0 Å². The van der Waals surface area contributed by atoms with E-state index >= 15 is 0 Å². The van der Waals surface area contributed by atoms with Gasteiger partial charge in [0.05, 0.1) is 5.69 Å². The number of anilines is 1. The summed E-state index contributed by atoms with van der Waals surface area (Å²) in [6.45, 7) is 7.44. The van der Waals surface area contributed by atoms with Crippen molar-refractivity contribution in [2.24, 2.45) is 0 Å². The van der Waals surface area contributed by atoms with Crippen LogP contribution in [0.15, 0.2) is 22.7 Å². The highest BCUT2D eigenvalue weighted by atomic mass is 79.9. The van der Waals surface area contributed by atoms with Gasteiger partial charge in [-0.15, -0.1) is 0 Å². The van der Waals surface area contributed by atoms with Crippen LogP contribution in [0.4, 0.5) is 10.5 Å². The Hall–Kier alpha value is -1.53. The van der Waals surface area contributed by atoms with Crippen molar-refractivity contribution in [1.29, 1.82) is 0 Å². The average molecular weight is 419 g/mol. The molecule has 0 spiro atoms. The summed E-state index contributed by atoms with van der Waals surface area (Å²) in [5.41, 5.74) is 8.50. The summed E-state index contributed by atoms with van der Waals surface area (Å²) < 4.78 is 1.17. The lowest BCUT2D eigenvalue weighted by molar-refractivity contribution is 0.202. The molecule has 0 radical (unpaired) electrons. The largest absolute Gasteiger partial charge is 0.336 e. The molecule has 0 saturated carbocycles. The van der Waals surface area contributed by atoms with Crippen molar-refractivity contribution < 1.29 is 4.79 Å². The molecule has 0 fully saturated rings. The van der Waals surface area contributed by atoms with E-state index in [1.54, 1.807) is 0 Å². The van der Waals surface area contributed by atoms with Gasteiger partial charge in [-0.05, 0) is 62.6 Å². The zero-order valence-corrected chi connectivity index (χ0v) is 17.3. The highest BCUT2D eigenvalue weighted by molar-refractivity contribution is 9.10. The van der Waals surface area contributed by atoms with Crippen molar-refractivity contribution in [3.05, 3.63) is 33.8 Å². The first-order chi connectivity index (χ1) is 12.5. The number of nitrogens with one attached hydrogen (secondary N) is 1. The number of hydrogen-bond acceptors (Lipinski definition) is 3. The van der Waals surface area contributed by atoms with Gasteiger partial charge in [-0.2, -0.15) is 0 Å². The Morgan fingerprint density at radius 2 is 2.12 bits per heavy atom. The summed E-state index contributed by atoms with van der Waals surface area (Å²) in [5, 5.41) is 2.06. The number of likely N-dealkylation sites (N-methyl/N-ethyl adjacent to an activating group) is 1. The van der Waals surface area contributed by atoms with Gasteiger partial charge in [-0.3, -0.25) is 9.91 Å². The Balaban J connectivity index is 1.70. The third-order valence-electron chi connectivity index (χ3n) is 6.09. The number of rotatable bonds is 3. The van der Waals surface area contributed by atoms with Crippen LogP contribution in [0.25, 0.3) is 5.57 Å². The normalized spacial score (nSPS) is 24.0. The number of carbonyl (C=O) groups excluding carboxylic acids is 1.